The Labute approximate surface area is 239 Å². The van der Waals surface area contributed by atoms with Gasteiger partial charge < -0.3 is 15.2 Å². The Bertz CT molecular complexity index is 1520. The van der Waals surface area contributed by atoms with Crippen LogP contribution in [0.25, 0.3) is 11.3 Å². The lowest BCUT2D eigenvalue weighted by Gasteiger charge is -2.22. The van der Waals surface area contributed by atoms with E-state index in [1.807, 2.05) is 61.9 Å². The molecule has 0 saturated carbocycles. The van der Waals surface area contributed by atoms with Crippen molar-refractivity contribution in [2.24, 2.45) is 5.92 Å². The van der Waals surface area contributed by atoms with Gasteiger partial charge in [-0.05, 0) is 25.8 Å². The van der Waals surface area contributed by atoms with Gasteiger partial charge in [-0.1, -0.05) is 61.5 Å². The Hall–Kier alpha value is -4.10. The molecule has 2 N–H and O–H groups in total. The van der Waals surface area contributed by atoms with E-state index in [-0.39, 0.29) is 28.8 Å². The first-order valence-electron chi connectivity index (χ1n) is 12.6. The van der Waals surface area contributed by atoms with Crippen molar-refractivity contribution in [2.75, 3.05) is 11.1 Å². The Morgan fingerprint density at radius 3 is 2.58 bits per heavy atom. The first kappa shape index (κ1) is 28.9. The Kier molecular flexibility index (Phi) is 9.27. The van der Waals surface area contributed by atoms with Crippen LogP contribution in [0, 0.1) is 23.0 Å². The van der Waals surface area contributed by atoms with E-state index in [2.05, 4.69) is 25.8 Å². The second kappa shape index (κ2) is 12.8. The molecule has 2 aromatic heterocycles. The van der Waals surface area contributed by atoms with Crippen LogP contribution >= 0.6 is 23.1 Å². The number of nitro benzene ring substituents is 1. The van der Waals surface area contributed by atoms with Gasteiger partial charge in [0.15, 0.2) is 16.1 Å². The second-order valence-corrected chi connectivity index (χ2v) is 11.1. The maximum atomic E-state index is 13.0. The number of nitrogens with zero attached hydrogens (tertiary/aromatic N) is 5. The molecule has 2 heterocycles. The third kappa shape index (κ3) is 6.90. The molecule has 4 aromatic rings. The monoisotopic (exact) mass is 579 g/mol. The van der Waals surface area contributed by atoms with Crippen molar-refractivity contribution in [1.29, 1.82) is 0 Å². The van der Waals surface area contributed by atoms with Crippen LogP contribution in [0.3, 0.4) is 0 Å². The number of carbonyl (C=O) groups is 2. The number of hydrogen-bond donors (Lipinski definition) is 2. The van der Waals surface area contributed by atoms with Gasteiger partial charge in [-0.15, -0.1) is 21.5 Å². The van der Waals surface area contributed by atoms with Crippen molar-refractivity contribution >= 4 is 45.7 Å². The second-order valence-electron chi connectivity index (χ2n) is 9.33. The lowest BCUT2D eigenvalue weighted by Crippen LogP contribution is -2.33. The zero-order valence-corrected chi connectivity index (χ0v) is 24.1. The van der Waals surface area contributed by atoms with Gasteiger partial charge in [0.25, 0.3) is 11.6 Å². The van der Waals surface area contributed by atoms with Crippen LogP contribution < -0.4 is 10.6 Å². The largest absolute Gasteiger partial charge is 0.342 e. The first-order valence-corrected chi connectivity index (χ1v) is 14.5. The number of thiazole rings is 1. The highest BCUT2D eigenvalue weighted by Gasteiger charge is 2.27. The van der Waals surface area contributed by atoms with E-state index in [1.54, 1.807) is 0 Å². The summed E-state index contributed by atoms with van der Waals surface area (Å²) in [7, 11) is 0. The number of benzene rings is 2. The van der Waals surface area contributed by atoms with Crippen LogP contribution in [0.15, 0.2) is 59.1 Å². The van der Waals surface area contributed by atoms with Gasteiger partial charge in [-0.2, -0.15) is 0 Å². The molecular formula is C27H29N7O4S2. The topological polar surface area (TPSA) is 145 Å². The molecule has 0 saturated heterocycles. The summed E-state index contributed by atoms with van der Waals surface area (Å²) in [5.41, 5.74) is 2.97. The van der Waals surface area contributed by atoms with Crippen LogP contribution in [0.4, 0.5) is 10.8 Å². The van der Waals surface area contributed by atoms with Crippen LogP contribution in [-0.4, -0.2) is 42.2 Å². The molecule has 0 aliphatic carbocycles. The lowest BCUT2D eigenvalue weighted by atomic mass is 10.0. The molecule has 4 rings (SSSR count). The van der Waals surface area contributed by atoms with Gasteiger partial charge >= 0.3 is 0 Å². The van der Waals surface area contributed by atoms with Gasteiger partial charge in [0.2, 0.25) is 5.91 Å². The van der Waals surface area contributed by atoms with Crippen molar-refractivity contribution in [3.05, 3.63) is 81.0 Å². The quantitative estimate of drug-likeness (QED) is 0.135. The molecule has 2 aromatic carbocycles. The fourth-order valence-electron chi connectivity index (χ4n) is 3.92. The molecule has 11 nitrogen and oxygen atoms in total. The average molecular weight is 580 g/mol. The Morgan fingerprint density at radius 1 is 1.15 bits per heavy atom. The Morgan fingerprint density at radius 2 is 1.90 bits per heavy atom. The van der Waals surface area contributed by atoms with E-state index < -0.39 is 16.9 Å². The zero-order valence-electron chi connectivity index (χ0n) is 22.5. The van der Waals surface area contributed by atoms with E-state index in [0.717, 1.165) is 16.8 Å². The summed E-state index contributed by atoms with van der Waals surface area (Å²) in [5.74, 6) is -0.0755. The molecule has 0 fully saturated rings. The number of nitro groups is 1. The van der Waals surface area contributed by atoms with Crippen LogP contribution in [0.1, 0.15) is 48.6 Å². The molecule has 13 heteroatoms. The number of aromatic nitrogens is 4. The van der Waals surface area contributed by atoms with Crippen molar-refractivity contribution in [3.8, 4) is 11.3 Å². The highest BCUT2D eigenvalue weighted by atomic mass is 32.2. The molecule has 0 aliphatic rings. The summed E-state index contributed by atoms with van der Waals surface area (Å²) in [6, 6.07) is 13.1. The average Bonchev–Trinajstić information content (AvgIpc) is 3.57. The smallest absolute Gasteiger partial charge is 0.270 e. The van der Waals surface area contributed by atoms with Gasteiger partial charge in [-0.3, -0.25) is 19.7 Å². The van der Waals surface area contributed by atoms with Gasteiger partial charge in [0.05, 0.1) is 22.4 Å². The van der Waals surface area contributed by atoms with Gasteiger partial charge in [-0.25, -0.2) is 4.98 Å². The highest BCUT2D eigenvalue weighted by Crippen LogP contribution is 2.28. The molecule has 0 unspecified atom stereocenters. The number of carbonyl (C=O) groups excluding carboxylic acids is 2. The third-order valence-electron chi connectivity index (χ3n) is 6.04. The number of nitrogens with one attached hydrogen (secondary N) is 2. The number of hydrogen-bond acceptors (Lipinski definition) is 9. The molecular weight excluding hydrogens is 550 g/mol. The molecule has 2 amide bonds. The standard InChI is InChI=1S/C27H29N7O4S2/c1-5-33-24(23(16(2)3)30-25(36)19-7-6-8-20(13-19)34(37)38)31-32-27(33)40-15-22(35)29-26-28-21(14-39-26)18-11-9-17(4)10-12-18/h6-14,16,23H,5,15H2,1-4H3,(H,30,36)(H,28,29,35)/t23-/m0/s1. The van der Waals surface area contributed by atoms with E-state index in [0.29, 0.717) is 22.7 Å². The minimum Gasteiger partial charge on any atom is -0.342 e. The SMILES string of the molecule is CCn1c(SCC(=O)Nc2nc(-c3ccc(C)cc3)cs2)nnc1[C@@H](NC(=O)c1cccc([N+](=O)[O-])c1)C(C)C. The summed E-state index contributed by atoms with van der Waals surface area (Å²) in [6.07, 6.45) is 0. The van der Waals surface area contributed by atoms with E-state index in [4.69, 9.17) is 0 Å². The number of thioether (sulfide) groups is 1. The number of amides is 2. The fraction of sp³-hybridized carbons (Fsp3) is 0.296. The number of aryl methyl sites for hydroxylation is 1. The molecule has 1 atom stereocenters. The molecule has 0 spiro atoms. The van der Waals surface area contributed by atoms with E-state index in [1.165, 1.54) is 47.4 Å². The van der Waals surface area contributed by atoms with E-state index in [9.17, 15) is 19.7 Å². The molecule has 40 heavy (non-hydrogen) atoms. The van der Waals surface area contributed by atoms with Crippen molar-refractivity contribution in [3.63, 3.8) is 0 Å². The summed E-state index contributed by atoms with van der Waals surface area (Å²) in [6.45, 7) is 8.35. The normalized spacial score (nSPS) is 11.8. The highest BCUT2D eigenvalue weighted by molar-refractivity contribution is 7.99. The third-order valence-corrected chi connectivity index (χ3v) is 7.77. The molecule has 0 aliphatic heterocycles. The minimum absolute atomic E-state index is 0.0501. The predicted octanol–water partition coefficient (Wildman–Crippen LogP) is 5.50. The number of non-ortho nitro benzene ring substituents is 1. The van der Waals surface area contributed by atoms with Crippen LogP contribution in [0.5, 0.6) is 0 Å². The number of rotatable bonds is 11. The summed E-state index contributed by atoms with van der Waals surface area (Å²) in [5, 5.41) is 28.5. The zero-order chi connectivity index (χ0) is 28.8. The molecule has 0 bridgehead atoms. The Balaban J connectivity index is 1.41. The van der Waals surface area contributed by atoms with Gasteiger partial charge in [0.1, 0.15) is 0 Å². The fourth-order valence-corrected chi connectivity index (χ4v) is 5.47. The maximum Gasteiger partial charge on any atom is 0.270 e. The van der Waals surface area contributed by atoms with Crippen LogP contribution in [0.2, 0.25) is 0 Å². The summed E-state index contributed by atoms with van der Waals surface area (Å²) < 4.78 is 1.86. The van der Waals surface area contributed by atoms with Crippen molar-refractivity contribution < 1.29 is 14.5 Å². The van der Waals surface area contributed by atoms with Crippen molar-refractivity contribution in [1.82, 2.24) is 25.1 Å². The maximum absolute atomic E-state index is 13.0. The van der Waals surface area contributed by atoms with Gasteiger partial charge in [0, 0.05) is 35.2 Å². The summed E-state index contributed by atoms with van der Waals surface area (Å²) in [4.78, 5) is 40.7. The molecule has 0 radical (unpaired) electrons. The predicted molar refractivity (Wildman–Crippen MR) is 155 cm³/mol. The lowest BCUT2D eigenvalue weighted by molar-refractivity contribution is -0.384. The van der Waals surface area contributed by atoms with Crippen LogP contribution in [-0.2, 0) is 11.3 Å². The molecule has 208 valence electrons. The van der Waals surface area contributed by atoms with E-state index >= 15 is 0 Å². The number of anilines is 1. The summed E-state index contributed by atoms with van der Waals surface area (Å²) >= 11 is 2.60. The minimum atomic E-state index is -0.540. The van der Waals surface area contributed by atoms with Crippen molar-refractivity contribution in [2.45, 2.75) is 45.4 Å². The first-order chi connectivity index (χ1) is 19.2.